The second-order valence-electron chi connectivity index (χ2n) is 11.7. The lowest BCUT2D eigenvalue weighted by molar-refractivity contribution is -0.266. The number of halogens is 1. The summed E-state index contributed by atoms with van der Waals surface area (Å²) in [5.41, 5.74) is -3.51. The summed E-state index contributed by atoms with van der Waals surface area (Å²) in [5.74, 6) is -2.53. The Balaban J connectivity index is 1.55. The molecule has 2 spiro atoms. The van der Waals surface area contributed by atoms with E-state index in [1.807, 2.05) is 6.92 Å². The smallest absolute Gasteiger partial charge is 0.335 e. The summed E-state index contributed by atoms with van der Waals surface area (Å²) in [6.07, 6.45) is 3.63. The van der Waals surface area contributed by atoms with Gasteiger partial charge in [0.1, 0.15) is 18.3 Å². The van der Waals surface area contributed by atoms with E-state index in [0.717, 1.165) is 0 Å². The van der Waals surface area contributed by atoms with Gasteiger partial charge in [0.15, 0.2) is 6.10 Å². The van der Waals surface area contributed by atoms with Crippen molar-refractivity contribution in [3.05, 3.63) is 24.3 Å². The first-order valence-electron chi connectivity index (χ1n) is 13.1. The van der Waals surface area contributed by atoms with Gasteiger partial charge in [0, 0.05) is 29.4 Å². The standard InChI is InChI=1S/C27H35BrO10/c1-15-8-11-34-18(29)6-4-5-7-19(30)37-16-12-17-27(14-36-27)25(16,3)26(13-35-23(32)20(15)31)10-9-24(2,33)21(28)22(26)38-17/h4-7,15-17,20-22,31,33H,8-14H2,1-3H3/b6-4+,7-5+. The zero-order valence-electron chi connectivity index (χ0n) is 21.8. The number of hydrogen-bond donors (Lipinski definition) is 2. The Bertz CT molecular complexity index is 1050. The quantitative estimate of drug-likeness (QED) is 0.183. The first-order chi connectivity index (χ1) is 17.9. The molecule has 0 aromatic carbocycles. The van der Waals surface area contributed by atoms with Crippen molar-refractivity contribution in [2.75, 3.05) is 19.8 Å². The molecule has 3 heterocycles. The van der Waals surface area contributed by atoms with Gasteiger partial charge in [-0.15, -0.1) is 0 Å². The minimum absolute atomic E-state index is 0.00162. The van der Waals surface area contributed by atoms with Crippen LogP contribution >= 0.6 is 15.9 Å². The molecule has 0 radical (unpaired) electrons. The molecule has 4 fully saturated rings. The summed E-state index contributed by atoms with van der Waals surface area (Å²) in [7, 11) is 0. The molecule has 5 aliphatic rings. The molecule has 0 amide bonds. The third-order valence-electron chi connectivity index (χ3n) is 9.66. The maximum atomic E-state index is 13.0. The maximum Gasteiger partial charge on any atom is 0.335 e. The van der Waals surface area contributed by atoms with Crippen LogP contribution in [0.4, 0.5) is 0 Å². The summed E-state index contributed by atoms with van der Waals surface area (Å²) < 4.78 is 29.6. The number of alkyl halides is 1. The van der Waals surface area contributed by atoms with E-state index in [9.17, 15) is 24.6 Å². The first kappa shape index (κ1) is 27.8. The molecule has 2 N–H and O–H groups in total. The van der Waals surface area contributed by atoms with Crippen molar-refractivity contribution in [1.29, 1.82) is 0 Å². The minimum Gasteiger partial charge on any atom is -0.463 e. The average Bonchev–Trinajstić information content (AvgIpc) is 3.65. The highest BCUT2D eigenvalue weighted by molar-refractivity contribution is 9.09. The number of aliphatic hydroxyl groups is 2. The van der Waals surface area contributed by atoms with Crippen LogP contribution in [-0.2, 0) is 38.1 Å². The Morgan fingerprint density at radius 3 is 2.37 bits per heavy atom. The topological polar surface area (TPSA) is 141 Å². The van der Waals surface area contributed by atoms with Crippen LogP contribution < -0.4 is 0 Å². The van der Waals surface area contributed by atoms with Gasteiger partial charge in [-0.05, 0) is 32.1 Å². The maximum absolute atomic E-state index is 13.0. The van der Waals surface area contributed by atoms with Crippen LogP contribution in [0.15, 0.2) is 24.3 Å². The molecule has 10 nitrogen and oxygen atoms in total. The third kappa shape index (κ3) is 4.16. The molecule has 3 aliphatic heterocycles. The van der Waals surface area contributed by atoms with Crippen LogP contribution in [0.5, 0.6) is 0 Å². The van der Waals surface area contributed by atoms with Crippen molar-refractivity contribution >= 4 is 33.8 Å². The molecule has 2 bridgehead atoms. The van der Waals surface area contributed by atoms with E-state index >= 15 is 0 Å². The molecule has 10 atom stereocenters. The highest BCUT2D eigenvalue weighted by atomic mass is 79.9. The van der Waals surface area contributed by atoms with Gasteiger partial charge in [-0.1, -0.05) is 41.9 Å². The second-order valence-corrected chi connectivity index (χ2v) is 12.7. The molecule has 38 heavy (non-hydrogen) atoms. The Labute approximate surface area is 229 Å². The van der Waals surface area contributed by atoms with Crippen molar-refractivity contribution in [2.24, 2.45) is 16.7 Å². The van der Waals surface area contributed by atoms with Crippen LogP contribution in [0.3, 0.4) is 0 Å². The summed E-state index contributed by atoms with van der Waals surface area (Å²) in [6, 6.07) is 0. The molecule has 0 aromatic rings. The summed E-state index contributed by atoms with van der Waals surface area (Å²) in [4.78, 5) is 37.3. The van der Waals surface area contributed by atoms with E-state index in [4.69, 9.17) is 23.7 Å². The number of allylic oxidation sites excluding steroid dienone is 2. The number of carbonyl (C=O) groups excluding carboxylic acids is 3. The van der Waals surface area contributed by atoms with Crippen molar-refractivity contribution in [2.45, 2.75) is 86.9 Å². The Kier molecular flexibility index (Phi) is 7.08. The molecule has 2 aliphatic carbocycles. The van der Waals surface area contributed by atoms with Crippen LogP contribution in [0.1, 0.15) is 46.5 Å². The van der Waals surface area contributed by atoms with E-state index in [1.165, 1.54) is 24.3 Å². The summed E-state index contributed by atoms with van der Waals surface area (Å²) in [6.45, 7) is 5.72. The normalized spacial score (nSPS) is 51.1. The molecule has 210 valence electrons. The van der Waals surface area contributed by atoms with Crippen LogP contribution in [0, 0.1) is 16.7 Å². The lowest BCUT2D eigenvalue weighted by atomic mass is 9.49. The molecule has 2 saturated carbocycles. The van der Waals surface area contributed by atoms with E-state index in [0.29, 0.717) is 25.9 Å². The highest BCUT2D eigenvalue weighted by Crippen LogP contribution is 2.73. The van der Waals surface area contributed by atoms with Gasteiger partial charge in [-0.2, -0.15) is 0 Å². The fourth-order valence-corrected chi connectivity index (χ4v) is 7.84. The van der Waals surface area contributed by atoms with Gasteiger partial charge in [-0.25, -0.2) is 14.4 Å². The SMILES string of the molecule is CC1CCOC(=O)/C=C/C=C/C(=O)OC2CC3OC4C(Br)C(C)(O)CCC4(COC(=O)C1O)C2(C)C31CO1. The van der Waals surface area contributed by atoms with E-state index in [2.05, 4.69) is 15.9 Å². The van der Waals surface area contributed by atoms with Crippen LogP contribution in [0.25, 0.3) is 0 Å². The first-order valence-corrected chi connectivity index (χ1v) is 14.0. The van der Waals surface area contributed by atoms with E-state index < -0.39 is 69.0 Å². The van der Waals surface area contributed by atoms with Crippen molar-refractivity contribution < 1.29 is 48.3 Å². The summed E-state index contributed by atoms with van der Waals surface area (Å²) >= 11 is 3.68. The summed E-state index contributed by atoms with van der Waals surface area (Å²) in [5, 5.41) is 21.8. The van der Waals surface area contributed by atoms with Crippen molar-refractivity contribution in [3.63, 3.8) is 0 Å². The predicted octanol–water partition coefficient (Wildman–Crippen LogP) is 1.74. The number of carbonyl (C=O) groups is 3. The second kappa shape index (κ2) is 9.69. The minimum atomic E-state index is -1.43. The molecule has 10 unspecified atom stereocenters. The highest BCUT2D eigenvalue weighted by Gasteiger charge is 2.84. The van der Waals surface area contributed by atoms with Crippen molar-refractivity contribution in [1.82, 2.24) is 0 Å². The Morgan fingerprint density at radius 2 is 1.68 bits per heavy atom. The zero-order valence-corrected chi connectivity index (χ0v) is 23.3. The lowest BCUT2D eigenvalue weighted by Gasteiger charge is -2.62. The van der Waals surface area contributed by atoms with Crippen LogP contribution in [0.2, 0.25) is 0 Å². The molecular formula is C27H35BrO10. The number of aliphatic hydroxyl groups excluding tert-OH is 1. The Hall–Kier alpha value is -1.79. The zero-order chi connectivity index (χ0) is 27.5. The lowest BCUT2D eigenvalue weighted by Crippen LogP contribution is -2.72. The average molecular weight is 599 g/mol. The largest absolute Gasteiger partial charge is 0.463 e. The fraction of sp³-hybridized carbons (Fsp3) is 0.741. The number of ether oxygens (including phenoxy) is 5. The number of hydrogen-bond acceptors (Lipinski definition) is 10. The molecule has 11 heteroatoms. The van der Waals surface area contributed by atoms with E-state index in [-0.39, 0.29) is 25.7 Å². The molecule has 0 aromatic heterocycles. The van der Waals surface area contributed by atoms with Gasteiger partial charge in [-0.3, -0.25) is 0 Å². The van der Waals surface area contributed by atoms with Gasteiger partial charge in [0.2, 0.25) is 0 Å². The number of epoxide rings is 1. The van der Waals surface area contributed by atoms with Gasteiger partial charge in [0.05, 0.1) is 35.8 Å². The molecule has 2 saturated heterocycles. The van der Waals surface area contributed by atoms with Gasteiger partial charge in [0.25, 0.3) is 0 Å². The van der Waals surface area contributed by atoms with Crippen LogP contribution in [-0.4, -0.2) is 88.4 Å². The molecule has 5 rings (SSSR count). The number of cyclic esters (lactones) is 2. The predicted molar refractivity (Wildman–Crippen MR) is 135 cm³/mol. The molecular weight excluding hydrogens is 564 g/mol. The van der Waals surface area contributed by atoms with E-state index in [1.54, 1.807) is 13.8 Å². The number of rotatable bonds is 0. The monoisotopic (exact) mass is 598 g/mol. The van der Waals surface area contributed by atoms with Gasteiger partial charge < -0.3 is 33.9 Å². The Morgan fingerprint density at radius 1 is 1.00 bits per heavy atom. The number of esters is 3. The fourth-order valence-electron chi connectivity index (χ4n) is 6.98. The third-order valence-corrected chi connectivity index (χ3v) is 11.1. The van der Waals surface area contributed by atoms with Crippen molar-refractivity contribution in [3.8, 4) is 0 Å². The van der Waals surface area contributed by atoms with Gasteiger partial charge >= 0.3 is 17.9 Å².